The summed E-state index contributed by atoms with van der Waals surface area (Å²) in [5, 5.41) is 0. The van der Waals surface area contributed by atoms with Crippen LogP contribution >= 0.6 is 0 Å². The normalized spacial score (nSPS) is 9.71. The van der Waals surface area contributed by atoms with E-state index in [2.05, 4.69) is 40.8 Å². The lowest BCUT2D eigenvalue weighted by molar-refractivity contribution is 0.0600. The van der Waals surface area contributed by atoms with Gasteiger partial charge in [-0.1, -0.05) is 54.3 Å². The van der Waals surface area contributed by atoms with Gasteiger partial charge in [-0.2, -0.15) is 0 Å². The summed E-state index contributed by atoms with van der Waals surface area (Å²) in [7, 11) is 1.37. The zero-order valence-electron chi connectivity index (χ0n) is 13.3. The molecule has 2 nitrogen and oxygen atoms in total. The number of hydrogen-bond donors (Lipinski definition) is 0. The maximum atomic E-state index is 11.4. The summed E-state index contributed by atoms with van der Waals surface area (Å²) in [4.78, 5) is 11.4. The number of rotatable bonds is 2. The fourth-order valence-electron chi connectivity index (χ4n) is 2.33. The van der Waals surface area contributed by atoms with Crippen molar-refractivity contribution in [3.63, 3.8) is 0 Å². The van der Waals surface area contributed by atoms with Gasteiger partial charge in [0.2, 0.25) is 0 Å². The highest BCUT2D eigenvalue weighted by atomic mass is 16.5. The first-order valence-corrected chi connectivity index (χ1v) is 7.62. The average molecular weight is 312 g/mol. The lowest BCUT2D eigenvalue weighted by Gasteiger charge is -2.01. The van der Waals surface area contributed by atoms with Crippen molar-refractivity contribution in [1.82, 2.24) is 0 Å². The van der Waals surface area contributed by atoms with Gasteiger partial charge in [-0.25, -0.2) is 4.79 Å². The number of hydrogen-bond acceptors (Lipinski definition) is 2. The Balaban J connectivity index is 1.75. The van der Waals surface area contributed by atoms with Gasteiger partial charge in [-0.05, 0) is 47.5 Å². The summed E-state index contributed by atoms with van der Waals surface area (Å²) in [6, 6.07) is 25.5. The van der Waals surface area contributed by atoms with Crippen LogP contribution in [-0.2, 0) is 4.74 Å². The van der Waals surface area contributed by atoms with Crippen LogP contribution in [0.25, 0.3) is 11.1 Å². The lowest BCUT2D eigenvalue weighted by atomic mass is 10.0. The minimum Gasteiger partial charge on any atom is -0.465 e. The number of carbonyl (C=O) groups excluding carboxylic acids is 1. The first-order chi connectivity index (χ1) is 11.8. The Labute approximate surface area is 141 Å². The number of ether oxygens (including phenoxy) is 1. The van der Waals surface area contributed by atoms with E-state index in [-0.39, 0.29) is 5.97 Å². The molecule has 3 rings (SSSR count). The fourth-order valence-corrected chi connectivity index (χ4v) is 2.33. The molecule has 0 aromatic heterocycles. The standard InChI is InChI=1S/C22H16O2/c1-24-22(23)21-15-11-18(12-16-21)8-7-17-9-13-20(14-10-17)19-5-3-2-4-6-19/h2-6,9-16H,1H3. The van der Waals surface area contributed by atoms with Crippen LogP contribution in [0.1, 0.15) is 21.5 Å². The molecule has 3 aromatic carbocycles. The van der Waals surface area contributed by atoms with Crippen molar-refractivity contribution in [2.75, 3.05) is 7.11 Å². The van der Waals surface area contributed by atoms with Crippen molar-refractivity contribution in [2.24, 2.45) is 0 Å². The molecule has 0 fully saturated rings. The molecule has 24 heavy (non-hydrogen) atoms. The highest BCUT2D eigenvalue weighted by Gasteiger charge is 2.03. The van der Waals surface area contributed by atoms with E-state index in [9.17, 15) is 4.79 Å². The summed E-state index contributed by atoms with van der Waals surface area (Å²) in [5.74, 6) is 5.90. The second-order valence-electron chi connectivity index (χ2n) is 5.26. The smallest absolute Gasteiger partial charge is 0.337 e. The Bertz CT molecular complexity index is 881. The van der Waals surface area contributed by atoms with Crippen LogP contribution in [0, 0.1) is 11.8 Å². The molecule has 0 saturated heterocycles. The fraction of sp³-hybridized carbons (Fsp3) is 0.0455. The van der Waals surface area contributed by atoms with E-state index in [0.29, 0.717) is 5.56 Å². The van der Waals surface area contributed by atoms with E-state index in [4.69, 9.17) is 0 Å². The minimum atomic E-state index is -0.342. The highest BCUT2D eigenvalue weighted by molar-refractivity contribution is 5.89. The molecule has 0 unspecified atom stereocenters. The van der Waals surface area contributed by atoms with Gasteiger partial charge in [0.25, 0.3) is 0 Å². The monoisotopic (exact) mass is 312 g/mol. The van der Waals surface area contributed by atoms with Crippen LogP contribution < -0.4 is 0 Å². The molecule has 0 radical (unpaired) electrons. The van der Waals surface area contributed by atoms with Crippen LogP contribution in [0.3, 0.4) is 0 Å². The molecule has 0 aliphatic rings. The molecule has 0 saturated carbocycles. The second kappa shape index (κ2) is 7.30. The van der Waals surface area contributed by atoms with Crippen LogP contribution in [0.5, 0.6) is 0 Å². The average Bonchev–Trinajstić information content (AvgIpc) is 2.67. The number of esters is 1. The summed E-state index contributed by atoms with van der Waals surface area (Å²) in [6.07, 6.45) is 0. The summed E-state index contributed by atoms with van der Waals surface area (Å²) in [6.45, 7) is 0. The highest BCUT2D eigenvalue weighted by Crippen LogP contribution is 2.18. The van der Waals surface area contributed by atoms with E-state index in [1.54, 1.807) is 12.1 Å². The van der Waals surface area contributed by atoms with Crippen LogP contribution in [0.15, 0.2) is 78.9 Å². The molecule has 0 amide bonds. The molecule has 116 valence electrons. The molecule has 0 aliphatic heterocycles. The van der Waals surface area contributed by atoms with Crippen molar-refractivity contribution >= 4 is 5.97 Å². The maximum absolute atomic E-state index is 11.4. The van der Waals surface area contributed by atoms with Gasteiger partial charge in [0.05, 0.1) is 12.7 Å². The molecule has 3 aromatic rings. The SMILES string of the molecule is COC(=O)c1ccc(C#Cc2ccc(-c3ccccc3)cc2)cc1. The predicted octanol–water partition coefficient (Wildman–Crippen LogP) is 4.54. The molecule has 2 heteroatoms. The first-order valence-electron chi connectivity index (χ1n) is 7.62. The molecule has 0 bridgehead atoms. The van der Waals surface area contributed by atoms with E-state index >= 15 is 0 Å². The lowest BCUT2D eigenvalue weighted by Crippen LogP contribution is -2.00. The van der Waals surface area contributed by atoms with E-state index in [1.165, 1.54) is 18.2 Å². The Hall–Kier alpha value is -3.31. The van der Waals surface area contributed by atoms with Crippen molar-refractivity contribution < 1.29 is 9.53 Å². The largest absolute Gasteiger partial charge is 0.465 e. The van der Waals surface area contributed by atoms with E-state index in [1.807, 2.05) is 42.5 Å². The molecule has 0 heterocycles. The molecular formula is C22H16O2. The maximum Gasteiger partial charge on any atom is 0.337 e. The number of benzene rings is 3. The first kappa shape index (κ1) is 15.6. The van der Waals surface area contributed by atoms with Crippen LogP contribution in [0.4, 0.5) is 0 Å². The van der Waals surface area contributed by atoms with Crippen molar-refractivity contribution in [2.45, 2.75) is 0 Å². The summed E-state index contributed by atoms with van der Waals surface area (Å²) in [5.41, 5.74) is 4.69. The van der Waals surface area contributed by atoms with Gasteiger partial charge in [0, 0.05) is 11.1 Å². The third-order valence-electron chi connectivity index (χ3n) is 3.65. The Morgan fingerprint density at radius 3 is 1.75 bits per heavy atom. The predicted molar refractivity (Wildman–Crippen MR) is 95.6 cm³/mol. The van der Waals surface area contributed by atoms with Gasteiger partial charge < -0.3 is 4.74 Å². The Morgan fingerprint density at radius 1 is 0.708 bits per heavy atom. The third-order valence-corrected chi connectivity index (χ3v) is 3.65. The van der Waals surface area contributed by atoms with Gasteiger partial charge in [0.1, 0.15) is 0 Å². The van der Waals surface area contributed by atoms with Gasteiger partial charge >= 0.3 is 5.97 Å². The van der Waals surface area contributed by atoms with Crippen molar-refractivity contribution in [3.05, 3.63) is 95.6 Å². The molecule has 0 aliphatic carbocycles. The second-order valence-corrected chi connectivity index (χ2v) is 5.26. The molecule has 0 atom stereocenters. The van der Waals surface area contributed by atoms with Gasteiger partial charge in [-0.15, -0.1) is 0 Å². The van der Waals surface area contributed by atoms with Crippen molar-refractivity contribution in [1.29, 1.82) is 0 Å². The topological polar surface area (TPSA) is 26.3 Å². The Kier molecular flexibility index (Phi) is 4.74. The van der Waals surface area contributed by atoms with Crippen LogP contribution in [0.2, 0.25) is 0 Å². The zero-order chi connectivity index (χ0) is 16.8. The number of carbonyl (C=O) groups is 1. The molecule has 0 N–H and O–H groups in total. The summed E-state index contributed by atoms with van der Waals surface area (Å²) >= 11 is 0. The van der Waals surface area contributed by atoms with E-state index < -0.39 is 0 Å². The molecule has 0 spiro atoms. The van der Waals surface area contributed by atoms with Gasteiger partial charge in [0.15, 0.2) is 0 Å². The quantitative estimate of drug-likeness (QED) is 0.513. The zero-order valence-corrected chi connectivity index (χ0v) is 13.3. The third kappa shape index (κ3) is 3.71. The Morgan fingerprint density at radius 2 is 1.21 bits per heavy atom. The number of methoxy groups -OCH3 is 1. The molecular weight excluding hydrogens is 296 g/mol. The van der Waals surface area contributed by atoms with Gasteiger partial charge in [-0.3, -0.25) is 0 Å². The summed E-state index contributed by atoms with van der Waals surface area (Å²) < 4.78 is 4.68. The minimum absolute atomic E-state index is 0.342. The van der Waals surface area contributed by atoms with Crippen molar-refractivity contribution in [3.8, 4) is 23.0 Å². The van der Waals surface area contributed by atoms with Crippen LogP contribution in [-0.4, -0.2) is 13.1 Å². The van der Waals surface area contributed by atoms with E-state index in [0.717, 1.165) is 11.1 Å².